The third kappa shape index (κ3) is 4.84. The lowest BCUT2D eigenvalue weighted by Gasteiger charge is -2.27. The van der Waals surface area contributed by atoms with Crippen LogP contribution in [-0.2, 0) is 0 Å². The van der Waals surface area contributed by atoms with Crippen LogP contribution in [0.5, 0.6) is 0 Å². The van der Waals surface area contributed by atoms with Gasteiger partial charge in [0.2, 0.25) is 0 Å². The minimum absolute atomic E-state index is 0.837. The summed E-state index contributed by atoms with van der Waals surface area (Å²) in [5.74, 6) is 0.837. The summed E-state index contributed by atoms with van der Waals surface area (Å²) in [6.07, 6.45) is 6.95. The molecule has 0 aromatic rings. The van der Waals surface area contributed by atoms with Crippen LogP contribution in [0, 0.1) is 5.92 Å². The zero-order valence-electron chi connectivity index (χ0n) is 11.5. The highest BCUT2D eigenvalue weighted by Crippen LogP contribution is 2.23. The number of hydrogen-bond donors (Lipinski definition) is 1. The summed E-state index contributed by atoms with van der Waals surface area (Å²) in [5, 5.41) is 3.39. The van der Waals surface area contributed by atoms with Gasteiger partial charge in [0.15, 0.2) is 0 Å². The molecule has 0 aliphatic carbocycles. The van der Waals surface area contributed by atoms with Gasteiger partial charge in [-0.3, -0.25) is 0 Å². The van der Waals surface area contributed by atoms with Crippen molar-refractivity contribution in [1.29, 1.82) is 0 Å². The summed E-state index contributed by atoms with van der Waals surface area (Å²) in [7, 11) is 0. The van der Waals surface area contributed by atoms with Crippen molar-refractivity contribution in [3.05, 3.63) is 0 Å². The minimum atomic E-state index is 0.837. The standard InChI is InChI=1S/C14H30N2/c1-4-15-10-6-5-7-11-16-12-8-9-14(16)13(2)3/h13-15H,4-12H2,1-3H3. The van der Waals surface area contributed by atoms with Gasteiger partial charge >= 0.3 is 0 Å². The Bertz CT molecular complexity index is 168. The minimum Gasteiger partial charge on any atom is -0.317 e. The highest BCUT2D eigenvalue weighted by Gasteiger charge is 2.25. The summed E-state index contributed by atoms with van der Waals surface area (Å²) in [4.78, 5) is 2.72. The normalized spacial score (nSPS) is 22.1. The first-order chi connectivity index (χ1) is 7.75. The van der Waals surface area contributed by atoms with Gasteiger partial charge in [0.25, 0.3) is 0 Å². The van der Waals surface area contributed by atoms with Crippen molar-refractivity contribution >= 4 is 0 Å². The predicted molar refractivity (Wildman–Crippen MR) is 71.8 cm³/mol. The smallest absolute Gasteiger partial charge is 0.0119 e. The first-order valence-electron chi connectivity index (χ1n) is 7.20. The lowest BCUT2D eigenvalue weighted by molar-refractivity contribution is 0.203. The second-order valence-electron chi connectivity index (χ2n) is 5.40. The maximum Gasteiger partial charge on any atom is 0.0119 e. The van der Waals surface area contributed by atoms with Crippen molar-refractivity contribution in [2.75, 3.05) is 26.2 Å². The average Bonchev–Trinajstić information content (AvgIpc) is 2.71. The lowest BCUT2D eigenvalue weighted by Crippen LogP contribution is -2.34. The van der Waals surface area contributed by atoms with Gasteiger partial charge in [0, 0.05) is 6.04 Å². The average molecular weight is 226 g/mol. The van der Waals surface area contributed by atoms with Crippen LogP contribution < -0.4 is 5.32 Å². The van der Waals surface area contributed by atoms with Crippen molar-refractivity contribution in [2.24, 2.45) is 5.92 Å². The van der Waals surface area contributed by atoms with E-state index < -0.39 is 0 Å². The van der Waals surface area contributed by atoms with E-state index in [1.54, 1.807) is 0 Å². The fraction of sp³-hybridized carbons (Fsp3) is 1.00. The molecule has 1 atom stereocenters. The van der Waals surface area contributed by atoms with Gasteiger partial charge in [0.1, 0.15) is 0 Å². The topological polar surface area (TPSA) is 15.3 Å². The Hall–Kier alpha value is -0.0800. The molecule has 1 aliphatic rings. The Morgan fingerprint density at radius 2 is 2.06 bits per heavy atom. The van der Waals surface area contributed by atoms with Crippen LogP contribution in [-0.4, -0.2) is 37.1 Å². The Labute approximate surface area is 102 Å². The van der Waals surface area contributed by atoms with Gasteiger partial charge in [-0.15, -0.1) is 0 Å². The van der Waals surface area contributed by atoms with E-state index in [0.29, 0.717) is 0 Å². The van der Waals surface area contributed by atoms with E-state index in [9.17, 15) is 0 Å². The monoisotopic (exact) mass is 226 g/mol. The van der Waals surface area contributed by atoms with E-state index in [0.717, 1.165) is 18.5 Å². The number of nitrogens with zero attached hydrogens (tertiary/aromatic N) is 1. The fourth-order valence-corrected chi connectivity index (χ4v) is 2.80. The number of unbranched alkanes of at least 4 members (excludes halogenated alkanes) is 2. The lowest BCUT2D eigenvalue weighted by atomic mass is 10.0. The number of rotatable bonds is 8. The first-order valence-corrected chi connectivity index (χ1v) is 7.20. The van der Waals surface area contributed by atoms with Crippen molar-refractivity contribution in [3.8, 4) is 0 Å². The van der Waals surface area contributed by atoms with Crippen LogP contribution in [0.15, 0.2) is 0 Å². The zero-order chi connectivity index (χ0) is 11.8. The summed E-state index contributed by atoms with van der Waals surface area (Å²) in [6.45, 7) is 11.9. The Balaban J connectivity index is 2.03. The fourth-order valence-electron chi connectivity index (χ4n) is 2.80. The molecule has 1 fully saturated rings. The highest BCUT2D eigenvalue weighted by atomic mass is 15.2. The number of likely N-dealkylation sites (tertiary alicyclic amines) is 1. The number of hydrogen-bond acceptors (Lipinski definition) is 2. The van der Waals surface area contributed by atoms with Gasteiger partial charge in [-0.05, 0) is 57.8 Å². The SMILES string of the molecule is CCNCCCCCN1CCCC1C(C)C. The Kier molecular flexibility index (Phi) is 7.06. The molecule has 0 aromatic carbocycles. The second kappa shape index (κ2) is 8.08. The maximum absolute atomic E-state index is 3.39. The van der Waals surface area contributed by atoms with E-state index in [2.05, 4.69) is 31.0 Å². The Morgan fingerprint density at radius 3 is 2.75 bits per heavy atom. The maximum atomic E-state index is 3.39. The molecule has 1 N–H and O–H groups in total. The molecular weight excluding hydrogens is 196 g/mol. The first kappa shape index (κ1) is 14.0. The number of nitrogens with one attached hydrogen (secondary N) is 1. The molecule has 0 bridgehead atoms. The van der Waals surface area contributed by atoms with Gasteiger partial charge in [-0.1, -0.05) is 27.2 Å². The van der Waals surface area contributed by atoms with Crippen molar-refractivity contribution in [2.45, 2.75) is 58.9 Å². The molecule has 1 saturated heterocycles. The summed E-state index contributed by atoms with van der Waals surface area (Å²) in [5.41, 5.74) is 0. The summed E-state index contributed by atoms with van der Waals surface area (Å²) >= 11 is 0. The van der Waals surface area contributed by atoms with Gasteiger partial charge in [0.05, 0.1) is 0 Å². The van der Waals surface area contributed by atoms with E-state index in [1.807, 2.05) is 0 Å². The van der Waals surface area contributed by atoms with Crippen LogP contribution >= 0.6 is 0 Å². The molecule has 1 unspecified atom stereocenters. The molecule has 0 radical (unpaired) electrons. The third-order valence-corrected chi connectivity index (χ3v) is 3.73. The molecule has 0 amide bonds. The molecule has 1 heterocycles. The van der Waals surface area contributed by atoms with E-state index in [1.165, 1.54) is 51.7 Å². The van der Waals surface area contributed by atoms with Crippen LogP contribution in [0.2, 0.25) is 0 Å². The van der Waals surface area contributed by atoms with Gasteiger partial charge < -0.3 is 10.2 Å². The van der Waals surface area contributed by atoms with Crippen molar-refractivity contribution in [3.63, 3.8) is 0 Å². The van der Waals surface area contributed by atoms with Gasteiger partial charge in [-0.2, -0.15) is 0 Å². The van der Waals surface area contributed by atoms with Crippen LogP contribution in [0.3, 0.4) is 0 Å². The summed E-state index contributed by atoms with van der Waals surface area (Å²) < 4.78 is 0. The zero-order valence-corrected chi connectivity index (χ0v) is 11.5. The van der Waals surface area contributed by atoms with Crippen LogP contribution in [0.1, 0.15) is 52.9 Å². The molecule has 0 saturated carbocycles. The molecule has 96 valence electrons. The molecule has 1 aliphatic heterocycles. The molecular formula is C14H30N2. The van der Waals surface area contributed by atoms with Crippen LogP contribution in [0.25, 0.3) is 0 Å². The van der Waals surface area contributed by atoms with E-state index in [4.69, 9.17) is 0 Å². The highest BCUT2D eigenvalue weighted by molar-refractivity contribution is 4.81. The summed E-state index contributed by atoms with van der Waals surface area (Å²) in [6, 6.07) is 0.869. The quantitative estimate of drug-likeness (QED) is 0.640. The van der Waals surface area contributed by atoms with E-state index in [-0.39, 0.29) is 0 Å². The van der Waals surface area contributed by atoms with Gasteiger partial charge in [-0.25, -0.2) is 0 Å². The largest absolute Gasteiger partial charge is 0.317 e. The second-order valence-corrected chi connectivity index (χ2v) is 5.40. The molecule has 2 heteroatoms. The molecule has 0 spiro atoms. The Morgan fingerprint density at radius 1 is 1.25 bits per heavy atom. The van der Waals surface area contributed by atoms with Crippen molar-refractivity contribution < 1.29 is 0 Å². The third-order valence-electron chi connectivity index (χ3n) is 3.73. The predicted octanol–water partition coefficient (Wildman–Crippen LogP) is 2.89. The molecule has 2 nitrogen and oxygen atoms in total. The van der Waals surface area contributed by atoms with Crippen LogP contribution in [0.4, 0.5) is 0 Å². The van der Waals surface area contributed by atoms with Crippen molar-refractivity contribution in [1.82, 2.24) is 10.2 Å². The molecule has 0 aromatic heterocycles. The molecule has 16 heavy (non-hydrogen) atoms. The molecule has 1 rings (SSSR count). The van der Waals surface area contributed by atoms with E-state index >= 15 is 0 Å².